The second-order valence-electron chi connectivity index (χ2n) is 7.60. The molecule has 32 heavy (non-hydrogen) atoms. The zero-order valence-electron chi connectivity index (χ0n) is 17.3. The van der Waals surface area contributed by atoms with Gasteiger partial charge in [0.15, 0.2) is 11.5 Å². The lowest BCUT2D eigenvalue weighted by molar-refractivity contribution is 0.478. The molecular formula is C22H19N9O. The van der Waals surface area contributed by atoms with Gasteiger partial charge in [-0.05, 0) is 43.2 Å². The summed E-state index contributed by atoms with van der Waals surface area (Å²) in [6.07, 6.45) is 7.76. The van der Waals surface area contributed by atoms with Crippen LogP contribution in [-0.4, -0.2) is 47.6 Å². The average molecular weight is 425 g/mol. The largest absolute Gasteiger partial charge is 0.457 e. The maximum absolute atomic E-state index is 6.06. The molecule has 4 aromatic heterocycles. The maximum atomic E-state index is 6.06. The minimum Gasteiger partial charge on any atom is -0.457 e. The molecule has 0 spiro atoms. The van der Waals surface area contributed by atoms with Crippen LogP contribution in [0.2, 0.25) is 0 Å². The van der Waals surface area contributed by atoms with Gasteiger partial charge in [0.2, 0.25) is 5.95 Å². The summed E-state index contributed by atoms with van der Waals surface area (Å²) in [5.74, 6) is 2.82. The number of nitrogens with one attached hydrogen (secondary N) is 1. The lowest BCUT2D eigenvalue weighted by atomic mass is 10.2. The van der Waals surface area contributed by atoms with E-state index in [0.29, 0.717) is 28.5 Å². The molecule has 1 fully saturated rings. The third-order valence-electron chi connectivity index (χ3n) is 5.42. The first-order chi connectivity index (χ1) is 15.7. The Morgan fingerprint density at radius 2 is 1.94 bits per heavy atom. The number of rotatable bonds is 5. The molecule has 1 aromatic carbocycles. The molecule has 158 valence electrons. The number of anilines is 3. The summed E-state index contributed by atoms with van der Waals surface area (Å²) in [6.45, 7) is 3.96. The van der Waals surface area contributed by atoms with E-state index in [1.165, 1.54) is 19.1 Å². The van der Waals surface area contributed by atoms with Gasteiger partial charge in [0, 0.05) is 31.0 Å². The van der Waals surface area contributed by atoms with Gasteiger partial charge in [-0.25, -0.2) is 29.4 Å². The molecule has 0 aliphatic carbocycles. The van der Waals surface area contributed by atoms with E-state index in [2.05, 4.69) is 35.3 Å². The van der Waals surface area contributed by atoms with Crippen LogP contribution in [0.25, 0.3) is 16.7 Å². The third-order valence-corrected chi connectivity index (χ3v) is 5.42. The van der Waals surface area contributed by atoms with Crippen molar-refractivity contribution < 1.29 is 4.74 Å². The van der Waals surface area contributed by atoms with Crippen LogP contribution < -0.4 is 15.0 Å². The smallest absolute Gasteiger partial charge is 0.226 e. The maximum Gasteiger partial charge on any atom is 0.226 e. The van der Waals surface area contributed by atoms with Crippen LogP contribution in [0.5, 0.6) is 11.5 Å². The van der Waals surface area contributed by atoms with Gasteiger partial charge < -0.3 is 15.0 Å². The van der Waals surface area contributed by atoms with Gasteiger partial charge in [-0.1, -0.05) is 0 Å². The quantitative estimate of drug-likeness (QED) is 0.453. The Labute approximate surface area is 183 Å². The highest BCUT2D eigenvalue weighted by atomic mass is 16.5. The monoisotopic (exact) mass is 425 g/mol. The number of hydrogen-bond donors (Lipinski definition) is 1. The van der Waals surface area contributed by atoms with Gasteiger partial charge in [-0.2, -0.15) is 5.10 Å². The predicted molar refractivity (Wildman–Crippen MR) is 119 cm³/mol. The SMILES string of the molecule is Cc1cc(Nc2ncnc3cnc(N4CCC4)nc23)ccc1Oc1ccn2ncnc2c1. The molecule has 1 saturated heterocycles. The molecule has 1 N–H and O–H groups in total. The molecule has 0 atom stereocenters. The Balaban J connectivity index is 1.27. The van der Waals surface area contributed by atoms with Gasteiger partial charge in [0.25, 0.3) is 0 Å². The topological polar surface area (TPSA) is 106 Å². The molecule has 10 nitrogen and oxygen atoms in total. The predicted octanol–water partition coefficient (Wildman–Crippen LogP) is 3.52. The van der Waals surface area contributed by atoms with E-state index >= 15 is 0 Å². The second kappa shape index (κ2) is 7.41. The van der Waals surface area contributed by atoms with E-state index in [9.17, 15) is 0 Å². The Morgan fingerprint density at radius 1 is 1.00 bits per heavy atom. The summed E-state index contributed by atoms with van der Waals surface area (Å²) < 4.78 is 7.75. The Bertz CT molecular complexity index is 1440. The summed E-state index contributed by atoms with van der Waals surface area (Å²) in [5, 5.41) is 7.46. The summed E-state index contributed by atoms with van der Waals surface area (Å²) >= 11 is 0. The average Bonchev–Trinajstić information content (AvgIpc) is 3.23. The number of aryl methyl sites for hydroxylation is 1. The van der Waals surface area contributed by atoms with Gasteiger partial charge in [-0.3, -0.25) is 0 Å². The van der Waals surface area contributed by atoms with Crippen molar-refractivity contribution >= 4 is 34.1 Å². The zero-order chi connectivity index (χ0) is 21.5. The summed E-state index contributed by atoms with van der Waals surface area (Å²) in [4.78, 5) is 24.2. The molecule has 5 heterocycles. The summed E-state index contributed by atoms with van der Waals surface area (Å²) in [6, 6.07) is 9.59. The van der Waals surface area contributed by atoms with Crippen molar-refractivity contribution in [2.45, 2.75) is 13.3 Å². The molecular weight excluding hydrogens is 406 g/mol. The number of ether oxygens (including phenoxy) is 1. The van der Waals surface area contributed by atoms with E-state index < -0.39 is 0 Å². The Hall–Kier alpha value is -4.34. The van der Waals surface area contributed by atoms with Crippen molar-refractivity contribution in [2.24, 2.45) is 0 Å². The number of aromatic nitrogens is 7. The number of benzene rings is 1. The molecule has 1 aliphatic heterocycles. The van der Waals surface area contributed by atoms with E-state index in [1.54, 1.807) is 10.7 Å². The van der Waals surface area contributed by atoms with E-state index in [0.717, 1.165) is 35.7 Å². The highest BCUT2D eigenvalue weighted by Crippen LogP contribution is 2.30. The third kappa shape index (κ3) is 3.31. The summed E-state index contributed by atoms with van der Waals surface area (Å²) in [5.41, 5.74) is 3.99. The highest BCUT2D eigenvalue weighted by molar-refractivity contribution is 5.87. The fourth-order valence-electron chi connectivity index (χ4n) is 3.57. The first-order valence-electron chi connectivity index (χ1n) is 10.3. The van der Waals surface area contributed by atoms with Crippen LogP contribution in [0.3, 0.4) is 0 Å². The molecule has 0 radical (unpaired) electrons. The van der Waals surface area contributed by atoms with Gasteiger partial charge in [-0.15, -0.1) is 0 Å². The fraction of sp³-hybridized carbons (Fsp3) is 0.182. The Morgan fingerprint density at radius 3 is 2.78 bits per heavy atom. The second-order valence-corrected chi connectivity index (χ2v) is 7.60. The van der Waals surface area contributed by atoms with Gasteiger partial charge >= 0.3 is 0 Å². The first kappa shape index (κ1) is 18.4. The van der Waals surface area contributed by atoms with E-state index in [-0.39, 0.29) is 0 Å². The van der Waals surface area contributed by atoms with E-state index in [4.69, 9.17) is 9.72 Å². The van der Waals surface area contributed by atoms with Crippen molar-refractivity contribution in [3.63, 3.8) is 0 Å². The molecule has 0 amide bonds. The van der Waals surface area contributed by atoms with Crippen LogP contribution in [-0.2, 0) is 0 Å². The van der Waals surface area contributed by atoms with Crippen LogP contribution >= 0.6 is 0 Å². The first-order valence-corrected chi connectivity index (χ1v) is 10.3. The van der Waals surface area contributed by atoms with Crippen LogP contribution in [0, 0.1) is 6.92 Å². The lowest BCUT2D eigenvalue weighted by Crippen LogP contribution is -2.38. The fourth-order valence-corrected chi connectivity index (χ4v) is 3.57. The van der Waals surface area contributed by atoms with Crippen molar-refractivity contribution in [2.75, 3.05) is 23.3 Å². The van der Waals surface area contributed by atoms with Crippen LogP contribution in [0.4, 0.5) is 17.5 Å². The molecule has 0 unspecified atom stereocenters. The van der Waals surface area contributed by atoms with E-state index in [1.807, 2.05) is 43.5 Å². The lowest BCUT2D eigenvalue weighted by Gasteiger charge is -2.30. The van der Waals surface area contributed by atoms with Crippen molar-refractivity contribution in [1.82, 2.24) is 34.5 Å². The molecule has 1 aliphatic rings. The standard InChI is InChI=1S/C22H19N9O/c1-14-9-15(3-4-18(14)32-16-5-8-31-19(10-16)25-13-27-31)28-21-20-17(24-12-26-21)11-23-22(29-20)30-6-2-7-30/h3-5,8-13H,2,6-7H2,1H3,(H,24,26,28). The minimum absolute atomic E-state index is 0.643. The highest BCUT2D eigenvalue weighted by Gasteiger charge is 2.18. The Kier molecular flexibility index (Phi) is 4.27. The number of nitrogens with zero attached hydrogens (tertiary/aromatic N) is 8. The molecule has 5 aromatic rings. The van der Waals surface area contributed by atoms with Crippen molar-refractivity contribution in [3.05, 3.63) is 60.9 Å². The number of pyridine rings is 1. The molecule has 6 rings (SSSR count). The summed E-state index contributed by atoms with van der Waals surface area (Å²) in [7, 11) is 0. The minimum atomic E-state index is 0.643. The van der Waals surface area contributed by atoms with Crippen molar-refractivity contribution in [3.8, 4) is 11.5 Å². The zero-order valence-corrected chi connectivity index (χ0v) is 17.3. The molecule has 0 saturated carbocycles. The molecule has 0 bridgehead atoms. The number of fused-ring (bicyclic) bond motifs is 2. The number of hydrogen-bond acceptors (Lipinski definition) is 9. The van der Waals surface area contributed by atoms with Crippen molar-refractivity contribution in [1.29, 1.82) is 0 Å². The van der Waals surface area contributed by atoms with Gasteiger partial charge in [0.1, 0.15) is 35.2 Å². The van der Waals surface area contributed by atoms with Gasteiger partial charge in [0.05, 0.1) is 6.20 Å². The van der Waals surface area contributed by atoms with Crippen LogP contribution in [0.15, 0.2) is 55.4 Å². The van der Waals surface area contributed by atoms with Crippen LogP contribution in [0.1, 0.15) is 12.0 Å². The normalized spacial score (nSPS) is 13.3. The molecule has 10 heteroatoms.